The molecule has 4 rings (SSSR count). The first kappa shape index (κ1) is 19.2. The molecule has 1 N–H and O–H groups in total. The molecule has 28 heavy (non-hydrogen) atoms. The van der Waals surface area contributed by atoms with Crippen LogP contribution in [0.5, 0.6) is 0 Å². The lowest BCUT2D eigenvalue weighted by Crippen LogP contribution is -2.42. The molecule has 2 aliphatic heterocycles. The standard InChI is InChI=1S/C22H29N3O2S/c26-22(27)25-14-9-19(10-15-25)18-7-12-24(13-8-18)20-4-1-17(2-5-20)3-6-21-23-11-16-28-21/h1-2,4-5,11,16,18-19H,3,6-10,12-15H2,(H,26,27). The number of carbonyl (C=O) groups is 1. The van der Waals surface area contributed by atoms with Gasteiger partial charge in [0.2, 0.25) is 0 Å². The molecule has 2 saturated heterocycles. The fraction of sp³-hybridized carbons (Fsp3) is 0.545. The van der Waals surface area contributed by atoms with Gasteiger partial charge in [0.25, 0.3) is 0 Å². The zero-order valence-corrected chi connectivity index (χ0v) is 17.1. The highest BCUT2D eigenvalue weighted by atomic mass is 32.1. The number of hydrogen-bond acceptors (Lipinski definition) is 4. The van der Waals surface area contributed by atoms with E-state index in [-0.39, 0.29) is 0 Å². The van der Waals surface area contributed by atoms with E-state index < -0.39 is 6.09 Å². The highest BCUT2D eigenvalue weighted by molar-refractivity contribution is 7.09. The molecule has 0 spiro atoms. The number of benzene rings is 1. The van der Waals surface area contributed by atoms with Gasteiger partial charge < -0.3 is 14.9 Å². The van der Waals surface area contributed by atoms with Crippen molar-refractivity contribution in [2.24, 2.45) is 11.8 Å². The van der Waals surface area contributed by atoms with Crippen molar-refractivity contribution in [1.29, 1.82) is 0 Å². The van der Waals surface area contributed by atoms with E-state index >= 15 is 0 Å². The van der Waals surface area contributed by atoms with E-state index in [9.17, 15) is 4.79 Å². The van der Waals surface area contributed by atoms with E-state index in [1.165, 1.54) is 29.1 Å². The van der Waals surface area contributed by atoms with Crippen LogP contribution in [-0.4, -0.2) is 47.3 Å². The number of anilines is 1. The van der Waals surface area contributed by atoms with Crippen LogP contribution in [0.4, 0.5) is 10.5 Å². The second-order valence-electron chi connectivity index (χ2n) is 8.02. The first-order valence-corrected chi connectivity index (χ1v) is 11.3. The average Bonchev–Trinajstić information content (AvgIpc) is 3.27. The molecule has 0 atom stereocenters. The van der Waals surface area contributed by atoms with Crippen LogP contribution in [0.15, 0.2) is 35.8 Å². The van der Waals surface area contributed by atoms with Gasteiger partial charge in [0.15, 0.2) is 0 Å². The van der Waals surface area contributed by atoms with Gasteiger partial charge in [0.05, 0.1) is 5.01 Å². The average molecular weight is 400 g/mol. The van der Waals surface area contributed by atoms with Crippen LogP contribution in [0.1, 0.15) is 36.3 Å². The summed E-state index contributed by atoms with van der Waals surface area (Å²) in [7, 11) is 0. The van der Waals surface area contributed by atoms with Gasteiger partial charge in [0, 0.05) is 49.9 Å². The van der Waals surface area contributed by atoms with Gasteiger partial charge in [-0.3, -0.25) is 0 Å². The van der Waals surface area contributed by atoms with Crippen LogP contribution in [0.2, 0.25) is 0 Å². The lowest BCUT2D eigenvalue weighted by Gasteiger charge is -2.40. The van der Waals surface area contributed by atoms with E-state index in [2.05, 4.69) is 34.1 Å². The van der Waals surface area contributed by atoms with Crippen LogP contribution >= 0.6 is 11.3 Å². The number of thiazole rings is 1. The normalized spacial score (nSPS) is 19.1. The molecule has 2 aliphatic rings. The molecule has 6 heteroatoms. The lowest BCUT2D eigenvalue weighted by atomic mass is 9.79. The van der Waals surface area contributed by atoms with Crippen LogP contribution < -0.4 is 4.90 Å². The number of hydrogen-bond donors (Lipinski definition) is 1. The molecule has 0 bridgehead atoms. The minimum absolute atomic E-state index is 0.700. The summed E-state index contributed by atoms with van der Waals surface area (Å²) in [4.78, 5) is 19.5. The Morgan fingerprint density at radius 3 is 2.21 bits per heavy atom. The minimum atomic E-state index is -0.761. The number of amides is 1. The number of rotatable bonds is 5. The topological polar surface area (TPSA) is 56.7 Å². The second kappa shape index (κ2) is 8.95. The first-order chi connectivity index (χ1) is 13.7. The Morgan fingerprint density at radius 2 is 1.64 bits per heavy atom. The molecule has 2 fully saturated rings. The summed E-state index contributed by atoms with van der Waals surface area (Å²) < 4.78 is 0. The number of carboxylic acid groups (broad SMARTS) is 1. The highest BCUT2D eigenvalue weighted by Crippen LogP contribution is 2.34. The zero-order valence-electron chi connectivity index (χ0n) is 16.3. The summed E-state index contributed by atoms with van der Waals surface area (Å²) in [6.45, 7) is 3.65. The van der Waals surface area contributed by atoms with Crippen molar-refractivity contribution in [3.05, 3.63) is 46.4 Å². The lowest BCUT2D eigenvalue weighted by molar-refractivity contribution is 0.107. The molecule has 1 aromatic heterocycles. The van der Waals surface area contributed by atoms with Gasteiger partial charge in [-0.2, -0.15) is 0 Å². The smallest absolute Gasteiger partial charge is 0.407 e. The molecular formula is C22H29N3O2S. The van der Waals surface area contributed by atoms with E-state index in [1.807, 2.05) is 11.6 Å². The maximum absolute atomic E-state index is 11.1. The third-order valence-electron chi connectivity index (χ3n) is 6.43. The summed E-state index contributed by atoms with van der Waals surface area (Å²) in [5.41, 5.74) is 2.70. The third kappa shape index (κ3) is 4.66. The number of nitrogens with zero attached hydrogens (tertiary/aromatic N) is 3. The fourth-order valence-electron chi connectivity index (χ4n) is 4.69. The van der Waals surface area contributed by atoms with Crippen molar-refractivity contribution < 1.29 is 9.90 Å². The van der Waals surface area contributed by atoms with Gasteiger partial charge in [-0.1, -0.05) is 12.1 Å². The molecule has 0 unspecified atom stereocenters. The second-order valence-corrected chi connectivity index (χ2v) is 9.00. The number of aryl methyl sites for hydroxylation is 2. The van der Waals surface area contributed by atoms with E-state index in [4.69, 9.17) is 5.11 Å². The number of aromatic nitrogens is 1. The van der Waals surface area contributed by atoms with Crippen LogP contribution in [0.25, 0.3) is 0 Å². The summed E-state index contributed by atoms with van der Waals surface area (Å²) in [5, 5.41) is 12.4. The summed E-state index contributed by atoms with van der Waals surface area (Å²) in [6.07, 6.45) is 7.70. The van der Waals surface area contributed by atoms with Gasteiger partial charge >= 0.3 is 6.09 Å². The van der Waals surface area contributed by atoms with Crippen molar-refractivity contribution in [3.63, 3.8) is 0 Å². The molecular weight excluding hydrogens is 370 g/mol. The largest absolute Gasteiger partial charge is 0.465 e. The van der Waals surface area contributed by atoms with Crippen molar-refractivity contribution in [3.8, 4) is 0 Å². The molecule has 2 aromatic rings. The summed E-state index contributed by atoms with van der Waals surface area (Å²) >= 11 is 1.73. The van der Waals surface area contributed by atoms with Crippen LogP contribution in [0.3, 0.4) is 0 Å². The zero-order chi connectivity index (χ0) is 19.3. The quantitative estimate of drug-likeness (QED) is 0.802. The minimum Gasteiger partial charge on any atom is -0.465 e. The summed E-state index contributed by atoms with van der Waals surface area (Å²) in [5.74, 6) is 1.45. The highest BCUT2D eigenvalue weighted by Gasteiger charge is 2.30. The van der Waals surface area contributed by atoms with Crippen molar-refractivity contribution in [2.75, 3.05) is 31.1 Å². The van der Waals surface area contributed by atoms with Crippen LogP contribution in [-0.2, 0) is 12.8 Å². The van der Waals surface area contributed by atoms with Gasteiger partial charge in [-0.25, -0.2) is 9.78 Å². The van der Waals surface area contributed by atoms with Gasteiger partial charge in [-0.15, -0.1) is 11.3 Å². The number of likely N-dealkylation sites (tertiary alicyclic amines) is 1. The maximum Gasteiger partial charge on any atom is 0.407 e. The Hall–Kier alpha value is -2.08. The van der Waals surface area contributed by atoms with Gasteiger partial charge in [0.1, 0.15) is 0 Å². The van der Waals surface area contributed by atoms with Crippen molar-refractivity contribution in [1.82, 2.24) is 9.88 Å². The monoisotopic (exact) mass is 399 g/mol. The summed E-state index contributed by atoms with van der Waals surface area (Å²) in [6, 6.07) is 9.05. The fourth-order valence-corrected chi connectivity index (χ4v) is 5.31. The SMILES string of the molecule is O=C(O)N1CCC(C2CCN(c3ccc(CCc4nccs4)cc3)CC2)CC1. The predicted molar refractivity (Wildman–Crippen MR) is 113 cm³/mol. The first-order valence-electron chi connectivity index (χ1n) is 10.4. The molecule has 1 amide bonds. The molecule has 5 nitrogen and oxygen atoms in total. The molecule has 3 heterocycles. The molecule has 1 aromatic carbocycles. The Kier molecular flexibility index (Phi) is 6.15. The van der Waals surface area contributed by atoms with Crippen molar-refractivity contribution in [2.45, 2.75) is 38.5 Å². The molecule has 0 saturated carbocycles. The molecule has 0 aliphatic carbocycles. The Bertz CT molecular complexity index is 747. The number of piperidine rings is 2. The molecule has 0 radical (unpaired) electrons. The Balaban J connectivity index is 1.24. The Labute approximate surface area is 171 Å². The molecule has 150 valence electrons. The van der Waals surface area contributed by atoms with E-state index in [0.717, 1.165) is 44.7 Å². The predicted octanol–water partition coefficient (Wildman–Crippen LogP) is 4.53. The van der Waals surface area contributed by atoms with E-state index in [0.29, 0.717) is 19.0 Å². The van der Waals surface area contributed by atoms with Gasteiger partial charge in [-0.05, 0) is 61.6 Å². The van der Waals surface area contributed by atoms with Crippen molar-refractivity contribution >= 4 is 23.1 Å². The Morgan fingerprint density at radius 1 is 1.00 bits per heavy atom. The maximum atomic E-state index is 11.1. The third-order valence-corrected chi connectivity index (χ3v) is 7.27. The van der Waals surface area contributed by atoms with E-state index in [1.54, 1.807) is 16.2 Å². The van der Waals surface area contributed by atoms with Crippen LogP contribution in [0, 0.1) is 11.8 Å².